The van der Waals surface area contributed by atoms with Crippen LogP contribution in [0.25, 0.3) is 10.1 Å². The Bertz CT molecular complexity index is 625. The molecule has 1 N–H and O–H groups in total. The summed E-state index contributed by atoms with van der Waals surface area (Å²) in [5.41, 5.74) is -0.0783. The molecule has 1 aromatic heterocycles. The maximum Gasteiger partial charge on any atom is 0.413 e. The van der Waals surface area contributed by atoms with Crippen molar-refractivity contribution in [1.29, 1.82) is 0 Å². The van der Waals surface area contributed by atoms with E-state index in [2.05, 4.69) is 4.37 Å². The summed E-state index contributed by atoms with van der Waals surface area (Å²) in [7, 11) is 0. The summed E-state index contributed by atoms with van der Waals surface area (Å²) in [6.45, 7) is 1.91. The minimum atomic E-state index is -1.13. The maximum absolute atomic E-state index is 11.0. The van der Waals surface area contributed by atoms with Crippen molar-refractivity contribution in [3.8, 4) is 0 Å². The molecule has 0 atom stereocenters. The van der Waals surface area contributed by atoms with Crippen molar-refractivity contribution in [2.45, 2.75) is 6.92 Å². The molecule has 0 saturated heterocycles. The number of carbonyl (C=O) groups is 1. The number of hydrogen-bond acceptors (Lipinski definition) is 5. The summed E-state index contributed by atoms with van der Waals surface area (Å²) < 4.78 is 4.77. The normalized spacial score (nSPS) is 10.5. The van der Waals surface area contributed by atoms with Crippen molar-refractivity contribution >= 4 is 39.2 Å². The van der Waals surface area contributed by atoms with Gasteiger partial charge in [0.25, 0.3) is 5.69 Å². The number of carboxylic acid groups (broad SMARTS) is 1. The summed E-state index contributed by atoms with van der Waals surface area (Å²) in [6.07, 6.45) is -1.13. The van der Waals surface area contributed by atoms with Gasteiger partial charge in [-0.15, -0.1) is 0 Å². The standard InChI is InChI=1S/C10H9N3O4S/c1-2-12(10(14)15)9-7-5-6(13(16)17)3-4-8(7)18-11-9/h3-5H,2H2,1H3,(H,14,15). The van der Waals surface area contributed by atoms with Gasteiger partial charge in [-0.1, -0.05) is 0 Å². The monoisotopic (exact) mass is 267 g/mol. The fraction of sp³-hybridized carbons (Fsp3) is 0.200. The third-order valence-corrected chi connectivity index (χ3v) is 3.27. The SMILES string of the molecule is CCN(C(=O)O)c1nsc2ccc([N+](=O)[O-])cc12. The molecular formula is C10H9N3O4S. The van der Waals surface area contributed by atoms with Gasteiger partial charge in [0.05, 0.1) is 9.62 Å². The van der Waals surface area contributed by atoms with Crippen molar-refractivity contribution in [1.82, 2.24) is 4.37 Å². The molecule has 0 unspecified atom stereocenters. The van der Waals surface area contributed by atoms with E-state index in [0.717, 1.165) is 21.1 Å². The topological polar surface area (TPSA) is 96.6 Å². The number of amides is 1. The molecular weight excluding hydrogens is 258 g/mol. The van der Waals surface area contributed by atoms with Crippen LogP contribution in [0.4, 0.5) is 16.3 Å². The van der Waals surface area contributed by atoms with Crippen molar-refractivity contribution in [2.24, 2.45) is 0 Å². The molecule has 18 heavy (non-hydrogen) atoms. The number of hydrogen-bond donors (Lipinski definition) is 1. The minimum Gasteiger partial charge on any atom is -0.465 e. The van der Waals surface area contributed by atoms with Gasteiger partial charge in [-0.2, -0.15) is 4.37 Å². The third kappa shape index (κ3) is 1.97. The van der Waals surface area contributed by atoms with E-state index >= 15 is 0 Å². The Balaban J connectivity index is 2.61. The van der Waals surface area contributed by atoms with Gasteiger partial charge >= 0.3 is 6.09 Å². The third-order valence-electron chi connectivity index (χ3n) is 2.45. The van der Waals surface area contributed by atoms with E-state index in [9.17, 15) is 14.9 Å². The number of nitro benzene ring substituents is 1. The van der Waals surface area contributed by atoms with E-state index in [0.29, 0.717) is 5.39 Å². The molecule has 1 amide bonds. The lowest BCUT2D eigenvalue weighted by Crippen LogP contribution is -2.29. The molecule has 0 aliphatic carbocycles. The fourth-order valence-electron chi connectivity index (χ4n) is 1.60. The molecule has 8 heteroatoms. The van der Waals surface area contributed by atoms with Crippen LogP contribution in [0.3, 0.4) is 0 Å². The lowest BCUT2D eigenvalue weighted by molar-refractivity contribution is -0.384. The second-order valence-corrected chi connectivity index (χ2v) is 4.28. The van der Waals surface area contributed by atoms with Gasteiger partial charge in [-0.05, 0) is 24.5 Å². The molecule has 0 aliphatic rings. The molecule has 2 aromatic rings. The van der Waals surface area contributed by atoms with E-state index in [1.54, 1.807) is 13.0 Å². The molecule has 0 bridgehead atoms. The molecule has 2 rings (SSSR count). The number of anilines is 1. The Labute approximate surface area is 106 Å². The summed E-state index contributed by atoms with van der Waals surface area (Å²) in [4.78, 5) is 22.3. The van der Waals surface area contributed by atoms with Crippen LogP contribution < -0.4 is 4.90 Å². The number of benzene rings is 1. The average molecular weight is 267 g/mol. The second kappa shape index (κ2) is 4.57. The van der Waals surface area contributed by atoms with Crippen molar-refractivity contribution in [2.75, 3.05) is 11.4 Å². The predicted octanol–water partition coefficient (Wildman–Crippen LogP) is 2.71. The highest BCUT2D eigenvalue weighted by Crippen LogP contribution is 2.32. The highest BCUT2D eigenvalue weighted by Gasteiger charge is 2.20. The van der Waals surface area contributed by atoms with Crippen LogP contribution in [0.1, 0.15) is 6.92 Å². The molecule has 0 radical (unpaired) electrons. The zero-order valence-corrected chi connectivity index (χ0v) is 10.2. The van der Waals surface area contributed by atoms with Crippen LogP contribution in [0.2, 0.25) is 0 Å². The Kier molecular flexibility index (Phi) is 3.11. The summed E-state index contributed by atoms with van der Waals surface area (Å²) >= 11 is 1.12. The number of fused-ring (bicyclic) bond motifs is 1. The van der Waals surface area contributed by atoms with E-state index in [4.69, 9.17) is 5.11 Å². The molecule has 94 valence electrons. The first kappa shape index (κ1) is 12.2. The first-order chi connectivity index (χ1) is 8.54. The van der Waals surface area contributed by atoms with E-state index in [1.807, 2.05) is 0 Å². The van der Waals surface area contributed by atoms with Crippen LogP contribution >= 0.6 is 11.5 Å². The number of rotatable bonds is 3. The lowest BCUT2D eigenvalue weighted by Gasteiger charge is -2.13. The molecule has 0 fully saturated rings. The smallest absolute Gasteiger partial charge is 0.413 e. The number of non-ortho nitro benzene ring substituents is 1. The Hall–Kier alpha value is -2.22. The Morgan fingerprint density at radius 3 is 2.89 bits per heavy atom. The van der Waals surface area contributed by atoms with Crippen molar-refractivity contribution in [3.63, 3.8) is 0 Å². The predicted molar refractivity (Wildman–Crippen MR) is 67.3 cm³/mol. The summed E-state index contributed by atoms with van der Waals surface area (Å²) in [5, 5.41) is 20.2. The fourth-order valence-corrected chi connectivity index (χ4v) is 2.36. The maximum atomic E-state index is 11.0. The Morgan fingerprint density at radius 2 is 2.33 bits per heavy atom. The average Bonchev–Trinajstić information content (AvgIpc) is 2.73. The molecule has 1 heterocycles. The van der Waals surface area contributed by atoms with Gasteiger partial charge in [-0.25, -0.2) is 4.79 Å². The summed E-state index contributed by atoms with van der Waals surface area (Å²) in [6, 6.07) is 4.30. The molecule has 0 saturated carbocycles. The zero-order valence-electron chi connectivity index (χ0n) is 9.36. The summed E-state index contributed by atoms with van der Waals surface area (Å²) in [5.74, 6) is 0.244. The number of nitro groups is 1. The van der Waals surface area contributed by atoms with E-state index in [-0.39, 0.29) is 18.1 Å². The van der Waals surface area contributed by atoms with Crippen LogP contribution in [0, 0.1) is 10.1 Å². The van der Waals surface area contributed by atoms with Gasteiger partial charge in [-0.3, -0.25) is 15.0 Å². The molecule has 7 nitrogen and oxygen atoms in total. The first-order valence-electron chi connectivity index (χ1n) is 5.09. The molecule has 0 aliphatic heterocycles. The van der Waals surface area contributed by atoms with Crippen LogP contribution in [-0.2, 0) is 0 Å². The Morgan fingerprint density at radius 1 is 1.61 bits per heavy atom. The van der Waals surface area contributed by atoms with E-state index < -0.39 is 11.0 Å². The van der Waals surface area contributed by atoms with Crippen molar-refractivity contribution < 1.29 is 14.8 Å². The minimum absolute atomic E-state index is 0.0783. The van der Waals surface area contributed by atoms with Crippen LogP contribution in [0.5, 0.6) is 0 Å². The van der Waals surface area contributed by atoms with E-state index in [1.165, 1.54) is 12.1 Å². The quantitative estimate of drug-likeness (QED) is 0.681. The zero-order chi connectivity index (χ0) is 13.3. The first-order valence-corrected chi connectivity index (χ1v) is 5.86. The van der Waals surface area contributed by atoms with Gasteiger partial charge in [0.15, 0.2) is 5.82 Å². The highest BCUT2D eigenvalue weighted by molar-refractivity contribution is 7.13. The molecule has 0 spiro atoms. The van der Waals surface area contributed by atoms with Gasteiger partial charge in [0, 0.05) is 24.1 Å². The largest absolute Gasteiger partial charge is 0.465 e. The van der Waals surface area contributed by atoms with Crippen LogP contribution in [-0.4, -0.2) is 27.0 Å². The number of aromatic nitrogens is 1. The molecule has 1 aromatic carbocycles. The second-order valence-electron chi connectivity index (χ2n) is 3.47. The van der Waals surface area contributed by atoms with Crippen LogP contribution in [0.15, 0.2) is 18.2 Å². The highest BCUT2D eigenvalue weighted by atomic mass is 32.1. The number of nitrogens with zero attached hydrogens (tertiary/aromatic N) is 3. The van der Waals surface area contributed by atoms with Gasteiger partial charge in [0.1, 0.15) is 0 Å². The van der Waals surface area contributed by atoms with Gasteiger partial charge < -0.3 is 5.11 Å². The van der Waals surface area contributed by atoms with Gasteiger partial charge in [0.2, 0.25) is 0 Å². The van der Waals surface area contributed by atoms with Crippen molar-refractivity contribution in [3.05, 3.63) is 28.3 Å². The lowest BCUT2D eigenvalue weighted by atomic mass is 10.2.